The molecule has 2 aliphatic carbocycles. The summed E-state index contributed by atoms with van der Waals surface area (Å²) in [5, 5.41) is 5.99. The van der Waals surface area contributed by atoms with Gasteiger partial charge in [0.15, 0.2) is 0 Å². The number of rotatable bonds is 6. The number of nitrogens with one attached hydrogen (secondary N) is 2. The first kappa shape index (κ1) is 19.2. The number of benzene rings is 1. The maximum Gasteiger partial charge on any atom is 0.237 e. The van der Waals surface area contributed by atoms with Gasteiger partial charge in [-0.1, -0.05) is 35.9 Å². The smallest absolute Gasteiger partial charge is 0.237 e. The summed E-state index contributed by atoms with van der Waals surface area (Å²) in [4.78, 5) is 27.4. The lowest BCUT2D eigenvalue weighted by Gasteiger charge is -2.38. The number of carbonyl (C=O) groups excluding carboxylic acids is 2. The topological polar surface area (TPSA) is 61.4 Å². The van der Waals surface area contributed by atoms with E-state index in [0.29, 0.717) is 19.1 Å². The maximum atomic E-state index is 12.5. The second-order valence-electron chi connectivity index (χ2n) is 8.29. The van der Waals surface area contributed by atoms with Crippen molar-refractivity contribution in [3.63, 3.8) is 0 Å². The van der Waals surface area contributed by atoms with Gasteiger partial charge in [0.25, 0.3) is 0 Å². The largest absolute Gasteiger partial charge is 0.356 e. The van der Waals surface area contributed by atoms with Gasteiger partial charge in [0.1, 0.15) is 0 Å². The lowest BCUT2D eigenvalue weighted by atomic mass is 9.97. The van der Waals surface area contributed by atoms with Crippen LogP contribution in [0.5, 0.6) is 0 Å². The summed E-state index contributed by atoms with van der Waals surface area (Å²) < 4.78 is 0. The number of piperazine rings is 1. The molecule has 4 rings (SSSR count). The van der Waals surface area contributed by atoms with Crippen molar-refractivity contribution in [2.75, 3.05) is 19.6 Å². The third kappa shape index (κ3) is 4.46. The summed E-state index contributed by atoms with van der Waals surface area (Å²) >= 11 is 0. The molecular weight excluding hydrogens is 350 g/mol. The molecule has 150 valence electrons. The average Bonchev–Trinajstić information content (AvgIpc) is 3.14. The molecule has 1 saturated heterocycles. The van der Waals surface area contributed by atoms with E-state index >= 15 is 0 Å². The summed E-state index contributed by atoms with van der Waals surface area (Å²) in [6.45, 7) is 2.15. The first-order valence-electron chi connectivity index (χ1n) is 10.8. The average molecular weight is 382 g/mol. The van der Waals surface area contributed by atoms with E-state index < -0.39 is 0 Å². The molecule has 1 aliphatic heterocycles. The molecular formula is C23H31N3O2. The van der Waals surface area contributed by atoms with Gasteiger partial charge in [-0.25, -0.2) is 0 Å². The molecule has 1 aromatic carbocycles. The summed E-state index contributed by atoms with van der Waals surface area (Å²) in [6, 6.07) is 8.48. The third-order valence-electron chi connectivity index (χ3n) is 6.40. The van der Waals surface area contributed by atoms with Crippen molar-refractivity contribution < 1.29 is 9.59 Å². The molecule has 2 amide bonds. The molecule has 0 spiro atoms. The van der Waals surface area contributed by atoms with Gasteiger partial charge >= 0.3 is 0 Å². The number of nitrogens with zero attached hydrogens (tertiary/aromatic N) is 1. The van der Waals surface area contributed by atoms with Crippen LogP contribution < -0.4 is 10.6 Å². The third-order valence-corrected chi connectivity index (χ3v) is 6.40. The minimum atomic E-state index is -0.359. The standard InChI is InChI=1S/C23H31N3O2/c27-22(24-11-10-17-6-2-1-3-7-17)16-21-23(28)25-12-13-26(21)20-14-18-8-4-5-9-19(18)15-20/h4-6,8-9,20-21H,1-3,7,10-16H2,(H,24,27)(H,25,28)/t21-/m0/s1. The fourth-order valence-electron chi connectivity index (χ4n) is 4.89. The molecule has 5 heteroatoms. The highest BCUT2D eigenvalue weighted by atomic mass is 16.2. The minimum absolute atomic E-state index is 0.00709. The molecule has 0 radical (unpaired) electrons. The number of hydrogen-bond donors (Lipinski definition) is 2. The second kappa shape index (κ2) is 8.91. The van der Waals surface area contributed by atoms with Crippen molar-refractivity contribution in [2.45, 2.75) is 63.5 Å². The van der Waals surface area contributed by atoms with Crippen molar-refractivity contribution in [1.29, 1.82) is 0 Å². The van der Waals surface area contributed by atoms with E-state index in [1.54, 1.807) is 0 Å². The van der Waals surface area contributed by atoms with Gasteiger partial charge in [0, 0.05) is 25.7 Å². The summed E-state index contributed by atoms with van der Waals surface area (Å²) in [5.74, 6) is -0.0219. The van der Waals surface area contributed by atoms with Crippen LogP contribution in [0.4, 0.5) is 0 Å². The van der Waals surface area contributed by atoms with Gasteiger partial charge in [0.05, 0.1) is 12.5 Å². The Labute approximate surface area is 167 Å². The molecule has 3 aliphatic rings. The van der Waals surface area contributed by atoms with Gasteiger partial charge < -0.3 is 10.6 Å². The zero-order valence-corrected chi connectivity index (χ0v) is 16.6. The van der Waals surface area contributed by atoms with Crippen LogP contribution in [0.25, 0.3) is 0 Å². The van der Waals surface area contributed by atoms with Crippen LogP contribution in [-0.2, 0) is 22.4 Å². The number of hydrogen-bond acceptors (Lipinski definition) is 3. The minimum Gasteiger partial charge on any atom is -0.356 e. The molecule has 0 bridgehead atoms. The van der Waals surface area contributed by atoms with Gasteiger partial charge in [-0.05, 0) is 56.1 Å². The Morgan fingerprint density at radius 3 is 2.68 bits per heavy atom. The predicted molar refractivity (Wildman–Crippen MR) is 110 cm³/mol. The fraction of sp³-hybridized carbons (Fsp3) is 0.565. The number of allylic oxidation sites excluding steroid dienone is 1. The van der Waals surface area contributed by atoms with Gasteiger partial charge in [-0.15, -0.1) is 0 Å². The Bertz CT molecular complexity index is 733. The number of fused-ring (bicyclic) bond motifs is 1. The molecule has 1 heterocycles. The van der Waals surface area contributed by atoms with Crippen molar-refractivity contribution in [2.24, 2.45) is 0 Å². The highest BCUT2D eigenvalue weighted by molar-refractivity contribution is 5.88. The van der Waals surface area contributed by atoms with Crippen LogP contribution in [0.3, 0.4) is 0 Å². The molecule has 0 unspecified atom stereocenters. The Balaban J connectivity index is 1.32. The lowest BCUT2D eigenvalue weighted by molar-refractivity contribution is -0.135. The van der Waals surface area contributed by atoms with E-state index in [9.17, 15) is 9.59 Å². The van der Waals surface area contributed by atoms with Crippen LogP contribution in [0, 0.1) is 0 Å². The monoisotopic (exact) mass is 381 g/mol. The zero-order valence-electron chi connectivity index (χ0n) is 16.6. The van der Waals surface area contributed by atoms with Crippen LogP contribution >= 0.6 is 0 Å². The Morgan fingerprint density at radius 1 is 1.18 bits per heavy atom. The summed E-state index contributed by atoms with van der Waals surface area (Å²) in [7, 11) is 0. The molecule has 1 atom stereocenters. The highest BCUT2D eigenvalue weighted by Gasteiger charge is 2.37. The van der Waals surface area contributed by atoms with E-state index in [2.05, 4.69) is 45.9 Å². The van der Waals surface area contributed by atoms with E-state index in [1.807, 2.05) is 0 Å². The molecule has 28 heavy (non-hydrogen) atoms. The van der Waals surface area contributed by atoms with Gasteiger partial charge in [-0.2, -0.15) is 0 Å². The Hall–Kier alpha value is -2.14. The second-order valence-corrected chi connectivity index (χ2v) is 8.29. The molecule has 2 N–H and O–H groups in total. The highest BCUT2D eigenvalue weighted by Crippen LogP contribution is 2.28. The van der Waals surface area contributed by atoms with E-state index in [-0.39, 0.29) is 24.3 Å². The first-order chi connectivity index (χ1) is 13.7. The van der Waals surface area contributed by atoms with Gasteiger partial charge in [-0.3, -0.25) is 14.5 Å². The van der Waals surface area contributed by atoms with E-state index in [4.69, 9.17) is 0 Å². The van der Waals surface area contributed by atoms with Crippen molar-refractivity contribution in [3.8, 4) is 0 Å². The van der Waals surface area contributed by atoms with Crippen LogP contribution in [0.15, 0.2) is 35.9 Å². The van der Waals surface area contributed by atoms with Crippen molar-refractivity contribution in [1.82, 2.24) is 15.5 Å². The first-order valence-corrected chi connectivity index (χ1v) is 10.8. The van der Waals surface area contributed by atoms with Crippen molar-refractivity contribution >= 4 is 11.8 Å². The normalized spacial score (nSPS) is 23.1. The zero-order chi connectivity index (χ0) is 19.3. The number of amides is 2. The quantitative estimate of drug-likeness (QED) is 0.744. The summed E-state index contributed by atoms with van der Waals surface area (Å²) in [5.41, 5.74) is 4.22. The molecule has 5 nitrogen and oxygen atoms in total. The predicted octanol–water partition coefficient (Wildman–Crippen LogP) is 2.35. The molecule has 1 fully saturated rings. The van der Waals surface area contributed by atoms with Crippen LogP contribution in [0.2, 0.25) is 0 Å². The number of carbonyl (C=O) groups is 2. The SMILES string of the molecule is O=C(C[C@H]1C(=O)NCCN1C1Cc2ccccc2C1)NCCC1=CCCCC1. The van der Waals surface area contributed by atoms with E-state index in [1.165, 1.54) is 36.0 Å². The fourth-order valence-corrected chi connectivity index (χ4v) is 4.89. The molecule has 0 aromatic heterocycles. The van der Waals surface area contributed by atoms with Crippen LogP contribution in [-0.4, -0.2) is 48.4 Å². The maximum absolute atomic E-state index is 12.5. The van der Waals surface area contributed by atoms with Gasteiger partial charge in [0.2, 0.25) is 11.8 Å². The molecule has 1 aromatic rings. The lowest BCUT2D eigenvalue weighted by Crippen LogP contribution is -2.59. The van der Waals surface area contributed by atoms with Crippen LogP contribution in [0.1, 0.15) is 49.7 Å². The van der Waals surface area contributed by atoms with Crippen molar-refractivity contribution in [3.05, 3.63) is 47.0 Å². The summed E-state index contributed by atoms with van der Waals surface area (Å²) in [6.07, 6.45) is 10.3. The molecule has 0 saturated carbocycles. The van der Waals surface area contributed by atoms with E-state index in [0.717, 1.165) is 32.2 Å². The Kier molecular flexibility index (Phi) is 6.10. The Morgan fingerprint density at radius 2 is 1.96 bits per heavy atom.